The fourth-order valence-corrected chi connectivity index (χ4v) is 2.68. The molecule has 1 aromatic carbocycles. The summed E-state index contributed by atoms with van der Waals surface area (Å²) in [5.41, 5.74) is 2.24. The summed E-state index contributed by atoms with van der Waals surface area (Å²) in [5.74, 6) is 0.186. The molecule has 100 valence electrons. The van der Waals surface area contributed by atoms with Crippen molar-refractivity contribution in [3.8, 4) is 0 Å². The number of benzene rings is 1. The van der Waals surface area contributed by atoms with Gasteiger partial charge >= 0.3 is 0 Å². The van der Waals surface area contributed by atoms with Gasteiger partial charge in [-0.15, -0.1) is 0 Å². The van der Waals surface area contributed by atoms with Crippen LogP contribution in [0.1, 0.15) is 24.8 Å². The van der Waals surface area contributed by atoms with E-state index in [9.17, 15) is 4.79 Å². The molecule has 1 amide bonds. The average Bonchev–Trinajstić information content (AvgIpc) is 2.82. The molecule has 1 saturated heterocycles. The summed E-state index contributed by atoms with van der Waals surface area (Å²) in [5, 5.41) is 5.43. The average molecular weight is 257 g/mol. The lowest BCUT2D eigenvalue weighted by atomic mass is 10.1. The Labute approximate surface area is 113 Å². The molecule has 0 spiro atoms. The van der Waals surface area contributed by atoms with Crippen LogP contribution < -0.4 is 0 Å². The molecular weight excluding hydrogens is 238 g/mol. The molecule has 1 aromatic heterocycles. The SMILES string of the molecule is Cc1ccc2cnn(CC(=O)N3CCCCC3)c2c1. The van der Waals surface area contributed by atoms with E-state index >= 15 is 0 Å². The van der Waals surface area contributed by atoms with E-state index < -0.39 is 0 Å². The Morgan fingerprint density at radius 3 is 2.84 bits per heavy atom. The number of nitrogens with zero attached hydrogens (tertiary/aromatic N) is 3. The van der Waals surface area contributed by atoms with Gasteiger partial charge in [0.05, 0.1) is 11.7 Å². The Morgan fingerprint density at radius 2 is 2.05 bits per heavy atom. The molecule has 2 heterocycles. The van der Waals surface area contributed by atoms with Crippen molar-refractivity contribution in [3.63, 3.8) is 0 Å². The number of rotatable bonds is 2. The van der Waals surface area contributed by atoms with Gasteiger partial charge in [-0.25, -0.2) is 0 Å². The number of hydrogen-bond acceptors (Lipinski definition) is 2. The maximum atomic E-state index is 12.3. The number of carbonyl (C=O) groups excluding carboxylic acids is 1. The van der Waals surface area contributed by atoms with Crippen LogP contribution in [0.4, 0.5) is 0 Å². The standard InChI is InChI=1S/C15H19N3O/c1-12-5-6-13-10-16-18(14(13)9-12)11-15(19)17-7-3-2-4-8-17/h5-6,9-10H,2-4,7-8,11H2,1H3. The minimum Gasteiger partial charge on any atom is -0.341 e. The van der Waals surface area contributed by atoms with Crippen molar-refractivity contribution in [2.24, 2.45) is 0 Å². The van der Waals surface area contributed by atoms with Gasteiger partial charge in [-0.05, 0) is 37.8 Å². The van der Waals surface area contributed by atoms with Gasteiger partial charge in [-0.2, -0.15) is 5.10 Å². The molecule has 1 fully saturated rings. The molecule has 4 nitrogen and oxygen atoms in total. The van der Waals surface area contributed by atoms with Crippen LogP contribution in [0, 0.1) is 6.92 Å². The summed E-state index contributed by atoms with van der Waals surface area (Å²) in [4.78, 5) is 14.2. The third-order valence-corrected chi connectivity index (χ3v) is 3.79. The van der Waals surface area contributed by atoms with Crippen LogP contribution in [0.3, 0.4) is 0 Å². The highest BCUT2D eigenvalue weighted by molar-refractivity contribution is 5.82. The van der Waals surface area contributed by atoms with Gasteiger partial charge in [-0.1, -0.05) is 12.1 Å². The van der Waals surface area contributed by atoms with E-state index in [1.54, 1.807) is 0 Å². The Morgan fingerprint density at radius 1 is 1.26 bits per heavy atom. The predicted molar refractivity (Wildman–Crippen MR) is 74.9 cm³/mol. The Kier molecular flexibility index (Phi) is 3.23. The highest BCUT2D eigenvalue weighted by Crippen LogP contribution is 2.16. The highest BCUT2D eigenvalue weighted by atomic mass is 16.2. The quantitative estimate of drug-likeness (QED) is 0.828. The predicted octanol–water partition coefficient (Wildman–Crippen LogP) is 2.36. The zero-order chi connectivity index (χ0) is 13.2. The second-order valence-electron chi connectivity index (χ2n) is 5.31. The molecule has 0 atom stereocenters. The number of aromatic nitrogens is 2. The van der Waals surface area contributed by atoms with Crippen LogP contribution >= 0.6 is 0 Å². The minimum absolute atomic E-state index is 0.186. The summed E-state index contributed by atoms with van der Waals surface area (Å²) in [6.45, 7) is 4.21. The largest absolute Gasteiger partial charge is 0.341 e. The summed E-state index contributed by atoms with van der Waals surface area (Å²) >= 11 is 0. The molecule has 19 heavy (non-hydrogen) atoms. The van der Waals surface area contributed by atoms with Gasteiger partial charge in [0, 0.05) is 18.5 Å². The fraction of sp³-hybridized carbons (Fsp3) is 0.467. The van der Waals surface area contributed by atoms with Crippen molar-refractivity contribution < 1.29 is 4.79 Å². The first-order valence-electron chi connectivity index (χ1n) is 6.94. The Bertz CT molecular complexity index is 596. The number of piperidine rings is 1. The molecule has 0 unspecified atom stereocenters. The van der Waals surface area contributed by atoms with Crippen LogP contribution in [-0.4, -0.2) is 33.7 Å². The zero-order valence-electron chi connectivity index (χ0n) is 11.3. The number of aryl methyl sites for hydroxylation is 1. The van der Waals surface area contributed by atoms with Crippen molar-refractivity contribution >= 4 is 16.8 Å². The van der Waals surface area contributed by atoms with Gasteiger partial charge in [0.25, 0.3) is 0 Å². The van der Waals surface area contributed by atoms with Crippen LogP contribution in [0.25, 0.3) is 10.9 Å². The zero-order valence-corrected chi connectivity index (χ0v) is 11.3. The molecule has 0 bridgehead atoms. The molecule has 1 aliphatic heterocycles. The van der Waals surface area contributed by atoms with Crippen molar-refractivity contribution in [2.75, 3.05) is 13.1 Å². The molecule has 1 aliphatic rings. The molecule has 0 aliphatic carbocycles. The van der Waals surface area contributed by atoms with Crippen LogP contribution in [0.2, 0.25) is 0 Å². The maximum Gasteiger partial charge on any atom is 0.244 e. The monoisotopic (exact) mass is 257 g/mol. The molecule has 3 rings (SSSR count). The first-order chi connectivity index (χ1) is 9.24. The van der Waals surface area contributed by atoms with Gasteiger partial charge in [-0.3, -0.25) is 9.48 Å². The van der Waals surface area contributed by atoms with Gasteiger partial charge < -0.3 is 4.90 Å². The van der Waals surface area contributed by atoms with Crippen molar-refractivity contribution in [1.29, 1.82) is 0 Å². The van der Waals surface area contributed by atoms with Gasteiger partial charge in [0.15, 0.2) is 0 Å². The highest BCUT2D eigenvalue weighted by Gasteiger charge is 2.17. The van der Waals surface area contributed by atoms with Crippen molar-refractivity contribution in [3.05, 3.63) is 30.0 Å². The molecule has 4 heteroatoms. The van der Waals surface area contributed by atoms with Crippen LogP contribution in [-0.2, 0) is 11.3 Å². The van der Waals surface area contributed by atoms with Crippen molar-refractivity contribution in [1.82, 2.24) is 14.7 Å². The van der Waals surface area contributed by atoms with Crippen LogP contribution in [0.5, 0.6) is 0 Å². The Hall–Kier alpha value is -1.84. The number of carbonyl (C=O) groups is 1. The molecular formula is C15H19N3O. The van der Waals surface area contributed by atoms with Gasteiger partial charge in [0.1, 0.15) is 6.54 Å². The lowest BCUT2D eigenvalue weighted by Gasteiger charge is -2.26. The summed E-state index contributed by atoms with van der Waals surface area (Å²) in [6.07, 6.45) is 5.33. The smallest absolute Gasteiger partial charge is 0.244 e. The normalized spacial score (nSPS) is 15.9. The molecule has 2 aromatic rings. The second-order valence-corrected chi connectivity index (χ2v) is 5.31. The number of amides is 1. The van der Waals surface area contributed by atoms with E-state index in [2.05, 4.69) is 30.2 Å². The van der Waals surface area contributed by atoms with E-state index in [-0.39, 0.29) is 5.91 Å². The number of fused-ring (bicyclic) bond motifs is 1. The first kappa shape index (κ1) is 12.2. The second kappa shape index (κ2) is 5.03. The lowest BCUT2D eigenvalue weighted by Crippen LogP contribution is -2.37. The van der Waals surface area contributed by atoms with E-state index in [4.69, 9.17) is 0 Å². The summed E-state index contributed by atoms with van der Waals surface area (Å²) < 4.78 is 1.82. The Balaban J connectivity index is 1.80. The number of hydrogen-bond donors (Lipinski definition) is 0. The molecule has 0 radical (unpaired) electrons. The van der Waals surface area contributed by atoms with Crippen LogP contribution in [0.15, 0.2) is 24.4 Å². The van der Waals surface area contributed by atoms with E-state index in [1.165, 1.54) is 12.0 Å². The number of likely N-dealkylation sites (tertiary alicyclic amines) is 1. The third-order valence-electron chi connectivity index (χ3n) is 3.79. The fourth-order valence-electron chi connectivity index (χ4n) is 2.68. The van der Waals surface area contributed by atoms with E-state index in [0.29, 0.717) is 6.54 Å². The minimum atomic E-state index is 0.186. The van der Waals surface area contributed by atoms with Gasteiger partial charge in [0.2, 0.25) is 5.91 Å². The topological polar surface area (TPSA) is 38.1 Å². The van der Waals surface area contributed by atoms with Crippen molar-refractivity contribution in [2.45, 2.75) is 32.7 Å². The van der Waals surface area contributed by atoms with E-state index in [0.717, 1.165) is 36.8 Å². The summed E-state index contributed by atoms with van der Waals surface area (Å²) in [6, 6.07) is 6.21. The molecule has 0 saturated carbocycles. The lowest BCUT2D eigenvalue weighted by molar-refractivity contribution is -0.132. The van der Waals surface area contributed by atoms with E-state index in [1.807, 2.05) is 15.8 Å². The molecule has 0 N–H and O–H groups in total. The maximum absolute atomic E-state index is 12.3. The first-order valence-corrected chi connectivity index (χ1v) is 6.94. The third kappa shape index (κ3) is 2.48. The summed E-state index contributed by atoms with van der Waals surface area (Å²) in [7, 11) is 0.